The molecule has 0 bridgehead atoms. The Morgan fingerprint density at radius 1 is 0.625 bits per heavy atom. The van der Waals surface area contributed by atoms with Gasteiger partial charge in [0, 0.05) is 0 Å². The molecule has 0 aromatic carbocycles. The maximum absolute atomic E-state index is 9.95. The number of nitrogens with two attached hydrogens (primary N) is 2. The third-order valence-electron chi connectivity index (χ3n) is 6.36. The zero-order valence-corrected chi connectivity index (χ0v) is 20.6. The predicted octanol–water partition coefficient (Wildman–Crippen LogP) is -5.61. The van der Waals surface area contributed by atoms with Crippen LogP contribution in [0.1, 0.15) is 12.5 Å². The van der Waals surface area contributed by atoms with E-state index < -0.39 is 62.3 Å². The van der Waals surface area contributed by atoms with Gasteiger partial charge < -0.3 is 62.5 Å². The highest BCUT2D eigenvalue weighted by Gasteiger charge is 2.45. The molecule has 0 amide bonds. The Balaban J connectivity index is 0.000000210. The molecule has 0 saturated carbocycles. The van der Waals surface area contributed by atoms with Gasteiger partial charge in [0.2, 0.25) is 0 Å². The molecule has 2 aliphatic rings. The number of fused-ring (bicyclic) bond motifs is 2. The third-order valence-corrected chi connectivity index (χ3v) is 6.36. The van der Waals surface area contributed by atoms with Gasteiger partial charge in [-0.1, -0.05) is 0 Å². The summed E-state index contributed by atoms with van der Waals surface area (Å²) in [5.74, 6) is 0.436. The monoisotopic (exact) mass is 570 g/mol. The van der Waals surface area contributed by atoms with E-state index in [0.29, 0.717) is 22.3 Å². The molecular formula is C20H30N10O10. The minimum atomic E-state index is -1.19. The lowest BCUT2D eigenvalue weighted by atomic mass is 10.1. The highest BCUT2D eigenvalue weighted by molar-refractivity contribution is 5.81. The summed E-state index contributed by atoms with van der Waals surface area (Å²) in [7, 11) is 0. The van der Waals surface area contributed by atoms with Gasteiger partial charge in [0.15, 0.2) is 35.4 Å². The van der Waals surface area contributed by atoms with Crippen LogP contribution in [-0.2, 0) is 9.47 Å². The van der Waals surface area contributed by atoms with Gasteiger partial charge in [0.05, 0.1) is 25.9 Å². The van der Waals surface area contributed by atoms with Crippen LogP contribution in [0.15, 0.2) is 25.3 Å². The van der Waals surface area contributed by atoms with Gasteiger partial charge in [-0.25, -0.2) is 29.9 Å². The molecule has 4 aromatic rings. The van der Waals surface area contributed by atoms with Crippen molar-refractivity contribution in [2.24, 2.45) is 0 Å². The van der Waals surface area contributed by atoms with Crippen LogP contribution in [0, 0.1) is 0 Å². The van der Waals surface area contributed by atoms with Crippen molar-refractivity contribution in [2.45, 2.75) is 49.1 Å². The molecule has 6 rings (SSSR count). The van der Waals surface area contributed by atoms with E-state index >= 15 is 0 Å². The van der Waals surface area contributed by atoms with E-state index in [-0.39, 0.29) is 22.6 Å². The zero-order chi connectivity index (χ0) is 27.1. The number of ether oxygens (including phenoxy) is 2. The van der Waals surface area contributed by atoms with Crippen LogP contribution in [0.3, 0.4) is 0 Å². The second kappa shape index (κ2) is 12.2. The number of aliphatic hydroxyl groups excluding tert-OH is 6. The Kier molecular flexibility index (Phi) is 9.42. The molecule has 20 nitrogen and oxygen atoms in total. The number of nitrogen functional groups attached to an aromatic ring is 2. The SMILES string of the molecule is Nc1ncnc2c1ncn2[C@@H]1O[C@H](CO)[C@@H](O)[C@@H]1O.Nc1ncnc2c1ncn2[C@@H]1O[C@H](CO)[C@@H](O)[C@@H]1O.O.O. The Hall–Kier alpha value is -3.70. The molecule has 0 unspecified atom stereocenters. The lowest BCUT2D eigenvalue weighted by Crippen LogP contribution is -2.33. The molecule has 2 aliphatic heterocycles. The van der Waals surface area contributed by atoms with Crippen molar-refractivity contribution in [1.82, 2.24) is 39.0 Å². The first-order chi connectivity index (χ1) is 18.3. The van der Waals surface area contributed by atoms with Crippen molar-refractivity contribution in [2.75, 3.05) is 24.7 Å². The number of aliphatic hydroxyl groups is 6. The molecule has 14 N–H and O–H groups in total. The number of nitrogens with zero attached hydrogens (tertiary/aromatic N) is 8. The van der Waals surface area contributed by atoms with E-state index in [2.05, 4.69) is 29.9 Å². The summed E-state index contributed by atoms with van der Waals surface area (Å²) in [5.41, 5.74) is 12.9. The molecule has 20 heteroatoms. The first-order valence-electron chi connectivity index (χ1n) is 11.4. The maximum atomic E-state index is 9.95. The molecule has 0 spiro atoms. The highest BCUT2D eigenvalue weighted by Crippen LogP contribution is 2.32. The predicted molar refractivity (Wildman–Crippen MR) is 133 cm³/mol. The van der Waals surface area contributed by atoms with Crippen LogP contribution in [0.25, 0.3) is 22.3 Å². The molecule has 220 valence electrons. The molecular weight excluding hydrogens is 540 g/mol. The van der Waals surface area contributed by atoms with Crippen molar-refractivity contribution in [1.29, 1.82) is 0 Å². The number of rotatable bonds is 4. The van der Waals surface area contributed by atoms with E-state index in [1.165, 1.54) is 34.4 Å². The van der Waals surface area contributed by atoms with Gasteiger partial charge in [-0.2, -0.15) is 0 Å². The lowest BCUT2D eigenvalue weighted by Gasteiger charge is -2.16. The zero-order valence-electron chi connectivity index (χ0n) is 20.6. The van der Waals surface area contributed by atoms with Crippen LogP contribution in [0.4, 0.5) is 11.6 Å². The van der Waals surface area contributed by atoms with Crippen LogP contribution in [0.5, 0.6) is 0 Å². The molecule has 2 fully saturated rings. The summed E-state index contributed by atoms with van der Waals surface area (Å²) in [6, 6.07) is 0. The first kappa shape index (κ1) is 30.8. The van der Waals surface area contributed by atoms with E-state index in [1.807, 2.05) is 0 Å². The summed E-state index contributed by atoms with van der Waals surface area (Å²) in [6.45, 7) is -0.781. The molecule has 0 aliphatic carbocycles. The van der Waals surface area contributed by atoms with Gasteiger partial charge in [-0.15, -0.1) is 0 Å². The fraction of sp³-hybridized carbons (Fsp3) is 0.500. The first-order valence-corrected chi connectivity index (χ1v) is 11.4. The van der Waals surface area contributed by atoms with Crippen LogP contribution < -0.4 is 11.5 Å². The molecule has 4 aromatic heterocycles. The average molecular weight is 571 g/mol. The Morgan fingerprint density at radius 2 is 1.00 bits per heavy atom. The molecule has 40 heavy (non-hydrogen) atoms. The number of aromatic nitrogens is 8. The number of hydrogen-bond donors (Lipinski definition) is 8. The van der Waals surface area contributed by atoms with Gasteiger partial charge in [-0.05, 0) is 0 Å². The Morgan fingerprint density at radius 3 is 1.32 bits per heavy atom. The quantitative estimate of drug-likeness (QED) is 0.113. The normalized spacial score (nSPS) is 29.6. The second-order valence-corrected chi connectivity index (χ2v) is 8.62. The molecule has 6 heterocycles. The number of imidazole rings is 2. The Labute approximate surface area is 223 Å². The third kappa shape index (κ3) is 5.11. The summed E-state index contributed by atoms with van der Waals surface area (Å²) in [5, 5.41) is 57.5. The van der Waals surface area contributed by atoms with Crippen molar-refractivity contribution in [3.8, 4) is 0 Å². The fourth-order valence-corrected chi connectivity index (χ4v) is 4.33. The van der Waals surface area contributed by atoms with E-state index in [1.54, 1.807) is 0 Å². The van der Waals surface area contributed by atoms with Crippen LogP contribution in [0.2, 0.25) is 0 Å². The Bertz CT molecular complexity index is 1320. The van der Waals surface area contributed by atoms with Crippen LogP contribution >= 0.6 is 0 Å². The summed E-state index contributed by atoms with van der Waals surface area (Å²) < 4.78 is 13.7. The van der Waals surface area contributed by atoms with E-state index in [9.17, 15) is 20.4 Å². The summed E-state index contributed by atoms with van der Waals surface area (Å²) >= 11 is 0. The van der Waals surface area contributed by atoms with E-state index in [0.717, 1.165) is 0 Å². The van der Waals surface area contributed by atoms with Crippen molar-refractivity contribution >= 4 is 34.0 Å². The molecule has 8 atom stereocenters. The molecule has 0 radical (unpaired) electrons. The smallest absolute Gasteiger partial charge is 0.167 e. The topological polar surface area (TPSA) is 342 Å². The number of hydrogen-bond acceptors (Lipinski definition) is 16. The fourth-order valence-electron chi connectivity index (χ4n) is 4.33. The van der Waals surface area contributed by atoms with Gasteiger partial charge in [0.25, 0.3) is 0 Å². The van der Waals surface area contributed by atoms with Gasteiger partial charge in [-0.3, -0.25) is 9.13 Å². The van der Waals surface area contributed by atoms with Crippen molar-refractivity contribution < 1.29 is 51.1 Å². The van der Waals surface area contributed by atoms with Crippen molar-refractivity contribution in [3.05, 3.63) is 25.3 Å². The highest BCUT2D eigenvalue weighted by atomic mass is 16.6. The summed E-state index contributed by atoms with van der Waals surface area (Å²) in [4.78, 5) is 23.8. The minimum absolute atomic E-state index is 0. The average Bonchev–Trinajstić information content (AvgIpc) is 3.67. The van der Waals surface area contributed by atoms with Gasteiger partial charge >= 0.3 is 0 Å². The summed E-state index contributed by atoms with van der Waals surface area (Å²) in [6.07, 6.45) is -2.85. The minimum Gasteiger partial charge on any atom is -0.412 e. The molecule has 2 saturated heterocycles. The van der Waals surface area contributed by atoms with Crippen molar-refractivity contribution in [3.63, 3.8) is 0 Å². The lowest BCUT2D eigenvalue weighted by molar-refractivity contribution is -0.0511. The van der Waals surface area contributed by atoms with E-state index in [4.69, 9.17) is 31.2 Å². The number of anilines is 2. The van der Waals surface area contributed by atoms with Gasteiger partial charge in [0.1, 0.15) is 60.3 Å². The second-order valence-electron chi connectivity index (χ2n) is 8.62. The van der Waals surface area contributed by atoms with Crippen LogP contribution in [-0.4, -0.2) is 130 Å². The standard InChI is InChI=1S/2C10H13N5O4.2H2O/c2*11-8-5-9(13-2-12-8)15(3-14-5)10-7(18)6(17)4(1-16)19-10;;/h2*2-4,6-7,10,16-18H,1H2,(H2,11,12,13);2*1H2/t2*4-,6-,7+,10-;;/m11../s1. The largest absolute Gasteiger partial charge is 0.412 e. The maximum Gasteiger partial charge on any atom is 0.167 e.